The predicted molar refractivity (Wildman–Crippen MR) is 165 cm³/mol. The summed E-state index contributed by atoms with van der Waals surface area (Å²) in [6.45, 7) is 0. The molecule has 8 aromatic rings. The quantitative estimate of drug-likeness (QED) is 0.170. The molecule has 0 aliphatic rings. The summed E-state index contributed by atoms with van der Waals surface area (Å²) in [7, 11) is 0. The van der Waals surface area contributed by atoms with Gasteiger partial charge in [-0.25, -0.2) is 0 Å². The van der Waals surface area contributed by atoms with Gasteiger partial charge < -0.3 is 0 Å². The molecule has 0 heterocycles. The third kappa shape index (κ3) is 3.46. The van der Waals surface area contributed by atoms with Gasteiger partial charge in [-0.15, -0.1) is 0 Å². The van der Waals surface area contributed by atoms with Crippen molar-refractivity contribution in [3.8, 4) is 22.3 Å². The van der Waals surface area contributed by atoms with E-state index in [0.29, 0.717) is 0 Å². The number of hydrogen-bond acceptors (Lipinski definition) is 0. The lowest BCUT2D eigenvalue weighted by Crippen LogP contribution is -1.84. The van der Waals surface area contributed by atoms with Crippen molar-refractivity contribution in [2.75, 3.05) is 0 Å². The molecule has 0 amide bonds. The van der Waals surface area contributed by atoms with Gasteiger partial charge >= 0.3 is 0 Å². The Bertz CT molecular complexity index is 2180. The SMILES string of the molecule is c1ccc2cc(-c3ccc4cc5cc(-c6ccc7c(ccc8ccccc87)c6)ccc5cc4c3)ccc2c1. The lowest BCUT2D eigenvalue weighted by molar-refractivity contribution is 1.67. The van der Waals surface area contributed by atoms with Crippen LogP contribution in [0.25, 0.3) is 76.1 Å². The Balaban J connectivity index is 1.20. The summed E-state index contributed by atoms with van der Waals surface area (Å²) >= 11 is 0. The van der Waals surface area contributed by atoms with Gasteiger partial charge in [-0.2, -0.15) is 0 Å². The van der Waals surface area contributed by atoms with Gasteiger partial charge in [-0.3, -0.25) is 0 Å². The fourth-order valence-electron chi connectivity index (χ4n) is 5.92. The van der Waals surface area contributed by atoms with Crippen LogP contribution in [0.2, 0.25) is 0 Å². The van der Waals surface area contributed by atoms with Crippen LogP contribution in [0.3, 0.4) is 0 Å². The largest absolute Gasteiger partial charge is 0.0616 e. The van der Waals surface area contributed by atoms with E-state index in [4.69, 9.17) is 0 Å². The second-order valence-corrected chi connectivity index (χ2v) is 10.3. The van der Waals surface area contributed by atoms with Gasteiger partial charge in [0.15, 0.2) is 0 Å². The summed E-state index contributed by atoms with van der Waals surface area (Å²) in [5.74, 6) is 0. The number of fused-ring (bicyclic) bond motifs is 6. The van der Waals surface area contributed by atoms with Crippen molar-refractivity contribution in [3.05, 3.63) is 146 Å². The summed E-state index contributed by atoms with van der Waals surface area (Å²) in [5, 5.41) is 12.8. The van der Waals surface area contributed by atoms with Crippen molar-refractivity contribution >= 4 is 53.9 Å². The van der Waals surface area contributed by atoms with Gasteiger partial charge in [0.1, 0.15) is 0 Å². The van der Waals surface area contributed by atoms with Crippen LogP contribution in [-0.4, -0.2) is 0 Å². The minimum Gasteiger partial charge on any atom is -0.0616 e. The molecule has 0 bridgehead atoms. The predicted octanol–water partition coefficient (Wildman–Crippen LogP) is 10.8. The first-order chi connectivity index (χ1) is 18.8. The van der Waals surface area contributed by atoms with Crippen molar-refractivity contribution in [1.29, 1.82) is 0 Å². The fourth-order valence-corrected chi connectivity index (χ4v) is 5.92. The Hall–Kier alpha value is -4.94. The molecular formula is C38H24. The van der Waals surface area contributed by atoms with Gasteiger partial charge in [-0.05, 0) is 113 Å². The molecule has 0 atom stereocenters. The first-order valence-electron chi connectivity index (χ1n) is 13.2. The molecule has 176 valence electrons. The molecule has 0 aliphatic heterocycles. The lowest BCUT2D eigenvalue weighted by Gasteiger charge is -2.10. The normalized spacial score (nSPS) is 11.7. The minimum absolute atomic E-state index is 1.25. The van der Waals surface area contributed by atoms with Crippen molar-refractivity contribution in [2.45, 2.75) is 0 Å². The maximum Gasteiger partial charge on any atom is -0.0105 e. The highest BCUT2D eigenvalue weighted by molar-refractivity contribution is 6.09. The van der Waals surface area contributed by atoms with Crippen LogP contribution in [0.4, 0.5) is 0 Å². The third-order valence-electron chi connectivity index (χ3n) is 7.96. The van der Waals surface area contributed by atoms with Crippen LogP contribution in [0.1, 0.15) is 0 Å². The zero-order valence-electron chi connectivity index (χ0n) is 20.9. The number of rotatable bonds is 2. The smallest absolute Gasteiger partial charge is 0.0105 e. The summed E-state index contributed by atoms with van der Waals surface area (Å²) in [4.78, 5) is 0. The topological polar surface area (TPSA) is 0 Å². The highest BCUT2D eigenvalue weighted by atomic mass is 14.1. The van der Waals surface area contributed by atoms with E-state index >= 15 is 0 Å². The van der Waals surface area contributed by atoms with Crippen LogP contribution in [0.5, 0.6) is 0 Å². The van der Waals surface area contributed by atoms with E-state index in [9.17, 15) is 0 Å². The summed E-state index contributed by atoms with van der Waals surface area (Å²) < 4.78 is 0. The van der Waals surface area contributed by atoms with E-state index in [1.807, 2.05) is 0 Å². The molecule has 0 unspecified atom stereocenters. The molecular weight excluding hydrogens is 456 g/mol. The maximum absolute atomic E-state index is 2.33. The van der Waals surface area contributed by atoms with E-state index < -0.39 is 0 Å². The lowest BCUT2D eigenvalue weighted by atomic mass is 9.94. The zero-order chi connectivity index (χ0) is 25.1. The summed E-state index contributed by atoms with van der Waals surface area (Å²) in [6.07, 6.45) is 0. The first-order valence-corrected chi connectivity index (χ1v) is 13.2. The molecule has 8 rings (SSSR count). The van der Waals surface area contributed by atoms with Gasteiger partial charge in [-0.1, -0.05) is 109 Å². The van der Waals surface area contributed by atoms with Crippen molar-refractivity contribution in [2.24, 2.45) is 0 Å². The molecule has 0 aliphatic carbocycles. The van der Waals surface area contributed by atoms with Crippen LogP contribution in [0.15, 0.2) is 146 Å². The molecule has 0 N–H and O–H groups in total. The Morgan fingerprint density at radius 2 is 0.605 bits per heavy atom. The summed E-state index contributed by atoms with van der Waals surface area (Å²) in [6, 6.07) is 53.5. The Morgan fingerprint density at radius 1 is 0.211 bits per heavy atom. The molecule has 0 spiro atoms. The van der Waals surface area contributed by atoms with Gasteiger partial charge in [0.25, 0.3) is 0 Å². The van der Waals surface area contributed by atoms with Crippen LogP contribution >= 0.6 is 0 Å². The van der Waals surface area contributed by atoms with Gasteiger partial charge in [0, 0.05) is 0 Å². The van der Waals surface area contributed by atoms with E-state index in [1.165, 1.54) is 76.1 Å². The molecule has 0 nitrogen and oxygen atoms in total. The standard InChI is InChI=1S/C38H24/c1-2-7-27-19-28(11-9-25(27)5-1)29-12-14-32-24-36-22-30(13-15-33(36)23-35(32)21-29)31-17-18-38-34(20-31)16-10-26-6-3-4-8-37(26)38/h1-24H. The molecule has 8 aromatic carbocycles. The number of benzene rings is 8. The zero-order valence-corrected chi connectivity index (χ0v) is 20.9. The van der Waals surface area contributed by atoms with Crippen molar-refractivity contribution < 1.29 is 0 Å². The maximum atomic E-state index is 2.33. The van der Waals surface area contributed by atoms with E-state index in [-0.39, 0.29) is 0 Å². The van der Waals surface area contributed by atoms with Crippen LogP contribution < -0.4 is 0 Å². The first kappa shape index (κ1) is 21.2. The molecule has 0 saturated heterocycles. The minimum atomic E-state index is 1.25. The molecule has 0 saturated carbocycles. The second kappa shape index (κ2) is 8.30. The van der Waals surface area contributed by atoms with Gasteiger partial charge in [0.05, 0.1) is 0 Å². The highest BCUT2D eigenvalue weighted by Crippen LogP contribution is 2.34. The van der Waals surface area contributed by atoms with E-state index in [0.717, 1.165) is 0 Å². The molecule has 0 fully saturated rings. The van der Waals surface area contributed by atoms with E-state index in [1.54, 1.807) is 0 Å². The molecule has 0 radical (unpaired) electrons. The molecule has 0 heteroatoms. The second-order valence-electron chi connectivity index (χ2n) is 10.3. The van der Waals surface area contributed by atoms with E-state index in [2.05, 4.69) is 146 Å². The monoisotopic (exact) mass is 480 g/mol. The highest BCUT2D eigenvalue weighted by Gasteiger charge is 2.07. The Kier molecular flexibility index (Phi) is 4.62. The fraction of sp³-hybridized carbons (Fsp3) is 0. The Labute approximate surface area is 221 Å². The summed E-state index contributed by atoms with van der Waals surface area (Å²) in [5.41, 5.74) is 5.01. The average molecular weight is 481 g/mol. The average Bonchev–Trinajstić information content (AvgIpc) is 2.99. The molecule has 0 aromatic heterocycles. The van der Waals surface area contributed by atoms with Gasteiger partial charge in [0.2, 0.25) is 0 Å². The third-order valence-corrected chi connectivity index (χ3v) is 7.96. The van der Waals surface area contributed by atoms with Crippen molar-refractivity contribution in [1.82, 2.24) is 0 Å². The number of hydrogen-bond donors (Lipinski definition) is 0. The van der Waals surface area contributed by atoms with Crippen molar-refractivity contribution in [3.63, 3.8) is 0 Å². The molecule has 38 heavy (non-hydrogen) atoms. The van der Waals surface area contributed by atoms with Crippen LogP contribution in [0, 0.1) is 0 Å². The Morgan fingerprint density at radius 3 is 1.29 bits per heavy atom. The van der Waals surface area contributed by atoms with Crippen LogP contribution in [-0.2, 0) is 0 Å².